The number of anilines is 1. The Kier molecular flexibility index (Phi) is 4.63. The average molecular weight is 310 g/mol. The Bertz CT molecular complexity index is 655. The molecule has 0 spiro atoms. The van der Waals surface area contributed by atoms with E-state index in [-0.39, 0.29) is 17.7 Å². The summed E-state index contributed by atoms with van der Waals surface area (Å²) in [5.74, 6) is 1.06. The minimum atomic E-state index is -0.0375. The number of carbonyl (C=O) groups excluding carboxylic acids is 1. The van der Waals surface area contributed by atoms with Crippen molar-refractivity contribution in [2.24, 2.45) is 5.92 Å². The first-order valence-corrected chi connectivity index (χ1v) is 7.86. The number of benzene rings is 2. The molecule has 3 rings (SSSR count). The lowest BCUT2D eigenvalue weighted by atomic mass is 9.88. The number of rotatable bonds is 4. The fourth-order valence-electron chi connectivity index (χ4n) is 3.21. The third kappa shape index (κ3) is 3.54. The molecule has 0 radical (unpaired) electrons. The van der Waals surface area contributed by atoms with Crippen LogP contribution >= 0.6 is 0 Å². The molecule has 0 saturated carbocycles. The second-order valence-corrected chi connectivity index (χ2v) is 6.06. The van der Waals surface area contributed by atoms with Gasteiger partial charge in [-0.1, -0.05) is 30.3 Å². The first kappa shape index (κ1) is 15.6. The average Bonchev–Trinajstić information content (AvgIpc) is 2.98. The molecule has 0 aliphatic carbocycles. The molecule has 1 N–H and O–H groups in total. The lowest BCUT2D eigenvalue weighted by molar-refractivity contribution is -0.119. The summed E-state index contributed by atoms with van der Waals surface area (Å²) in [4.78, 5) is 14.9. The molecular formula is C19H22N2O2. The van der Waals surface area contributed by atoms with Gasteiger partial charge < -0.3 is 15.0 Å². The summed E-state index contributed by atoms with van der Waals surface area (Å²) in [6.45, 7) is 1.69. The minimum absolute atomic E-state index is 0.0375. The molecule has 2 aromatic carbocycles. The van der Waals surface area contributed by atoms with Crippen LogP contribution in [0.15, 0.2) is 54.6 Å². The molecule has 1 saturated heterocycles. The minimum Gasteiger partial charge on any atom is -0.497 e. The zero-order chi connectivity index (χ0) is 16.2. The maximum atomic E-state index is 12.7. The van der Waals surface area contributed by atoms with Gasteiger partial charge >= 0.3 is 0 Å². The predicted molar refractivity (Wildman–Crippen MR) is 91.8 cm³/mol. The van der Waals surface area contributed by atoms with Gasteiger partial charge in [-0.3, -0.25) is 4.79 Å². The van der Waals surface area contributed by atoms with E-state index < -0.39 is 0 Å². The van der Waals surface area contributed by atoms with Gasteiger partial charge in [0.2, 0.25) is 5.91 Å². The van der Waals surface area contributed by atoms with E-state index in [0.717, 1.165) is 24.5 Å². The van der Waals surface area contributed by atoms with E-state index in [4.69, 9.17) is 4.74 Å². The van der Waals surface area contributed by atoms with Crippen LogP contribution in [0.4, 0.5) is 5.69 Å². The van der Waals surface area contributed by atoms with Gasteiger partial charge in [0.15, 0.2) is 0 Å². The van der Waals surface area contributed by atoms with Gasteiger partial charge in [-0.25, -0.2) is 0 Å². The number of nitrogens with one attached hydrogen (secondary N) is 1. The summed E-state index contributed by atoms with van der Waals surface area (Å²) in [6.07, 6.45) is 0. The molecule has 120 valence electrons. The highest BCUT2D eigenvalue weighted by Crippen LogP contribution is 2.32. The number of hydrogen-bond acceptors (Lipinski definition) is 3. The third-order valence-electron chi connectivity index (χ3n) is 4.42. The van der Waals surface area contributed by atoms with Crippen LogP contribution in [0.3, 0.4) is 0 Å². The summed E-state index contributed by atoms with van der Waals surface area (Å²) in [5, 5.41) is 3.03. The Morgan fingerprint density at radius 2 is 1.78 bits per heavy atom. The number of likely N-dealkylation sites (N-methyl/N-ethyl adjacent to an activating group) is 1. The van der Waals surface area contributed by atoms with Crippen LogP contribution in [0.5, 0.6) is 5.75 Å². The molecule has 0 bridgehead atoms. The van der Waals surface area contributed by atoms with Gasteiger partial charge in [0.1, 0.15) is 5.75 Å². The van der Waals surface area contributed by atoms with Crippen molar-refractivity contribution in [3.05, 3.63) is 60.2 Å². The molecule has 4 heteroatoms. The van der Waals surface area contributed by atoms with E-state index in [0.29, 0.717) is 0 Å². The van der Waals surface area contributed by atoms with Crippen LogP contribution in [-0.2, 0) is 4.79 Å². The third-order valence-corrected chi connectivity index (χ3v) is 4.42. The summed E-state index contributed by atoms with van der Waals surface area (Å²) in [7, 11) is 3.70. The van der Waals surface area contributed by atoms with E-state index in [1.54, 1.807) is 7.11 Å². The highest BCUT2D eigenvalue weighted by atomic mass is 16.5. The van der Waals surface area contributed by atoms with Crippen LogP contribution in [0, 0.1) is 5.92 Å². The van der Waals surface area contributed by atoms with Crippen LogP contribution in [-0.4, -0.2) is 38.1 Å². The van der Waals surface area contributed by atoms with Crippen LogP contribution in [0.2, 0.25) is 0 Å². The molecule has 1 heterocycles. The molecule has 1 aliphatic heterocycles. The van der Waals surface area contributed by atoms with Crippen molar-refractivity contribution in [2.45, 2.75) is 5.92 Å². The van der Waals surface area contributed by atoms with Crippen molar-refractivity contribution < 1.29 is 9.53 Å². The SMILES string of the molecule is COc1ccc(NC(=O)[C@@H]2CN(C)C[C@@H]2c2ccccc2)cc1. The Morgan fingerprint density at radius 1 is 1.09 bits per heavy atom. The molecular weight excluding hydrogens is 288 g/mol. The quantitative estimate of drug-likeness (QED) is 0.944. The van der Waals surface area contributed by atoms with Crippen molar-refractivity contribution in [1.82, 2.24) is 4.90 Å². The van der Waals surface area contributed by atoms with Gasteiger partial charge in [-0.2, -0.15) is 0 Å². The van der Waals surface area contributed by atoms with E-state index in [2.05, 4.69) is 29.4 Å². The number of nitrogens with zero attached hydrogens (tertiary/aromatic N) is 1. The van der Waals surface area contributed by atoms with Crippen LogP contribution in [0.25, 0.3) is 0 Å². The number of hydrogen-bond donors (Lipinski definition) is 1. The Balaban J connectivity index is 1.74. The Hall–Kier alpha value is -2.33. The fraction of sp³-hybridized carbons (Fsp3) is 0.316. The lowest BCUT2D eigenvalue weighted by Gasteiger charge is -2.18. The molecule has 23 heavy (non-hydrogen) atoms. The largest absolute Gasteiger partial charge is 0.497 e. The van der Waals surface area contributed by atoms with E-state index in [9.17, 15) is 4.79 Å². The molecule has 0 unspecified atom stereocenters. The summed E-state index contributed by atoms with van der Waals surface area (Å²) in [6, 6.07) is 17.7. The van der Waals surface area contributed by atoms with Crippen LogP contribution < -0.4 is 10.1 Å². The fourth-order valence-corrected chi connectivity index (χ4v) is 3.21. The van der Waals surface area contributed by atoms with Gasteiger partial charge in [-0.15, -0.1) is 0 Å². The molecule has 4 nitrogen and oxygen atoms in total. The van der Waals surface area contributed by atoms with E-state index in [1.165, 1.54) is 5.56 Å². The van der Waals surface area contributed by atoms with Gasteiger partial charge in [0, 0.05) is 24.7 Å². The Labute approximate surface area is 137 Å². The second kappa shape index (κ2) is 6.84. The van der Waals surface area contributed by atoms with E-state index in [1.807, 2.05) is 42.5 Å². The second-order valence-electron chi connectivity index (χ2n) is 6.06. The number of methoxy groups -OCH3 is 1. The first-order valence-electron chi connectivity index (χ1n) is 7.86. The zero-order valence-electron chi connectivity index (χ0n) is 13.5. The number of amides is 1. The highest BCUT2D eigenvalue weighted by Gasteiger charge is 2.36. The summed E-state index contributed by atoms with van der Waals surface area (Å²) < 4.78 is 5.14. The van der Waals surface area contributed by atoms with Gasteiger partial charge in [0.05, 0.1) is 13.0 Å². The molecule has 0 aromatic heterocycles. The normalized spacial score (nSPS) is 21.1. The lowest BCUT2D eigenvalue weighted by Crippen LogP contribution is -2.28. The maximum absolute atomic E-state index is 12.7. The van der Waals surface area contributed by atoms with Crippen LogP contribution in [0.1, 0.15) is 11.5 Å². The van der Waals surface area contributed by atoms with Crippen molar-refractivity contribution >= 4 is 11.6 Å². The Morgan fingerprint density at radius 3 is 2.43 bits per heavy atom. The molecule has 2 atom stereocenters. The summed E-state index contributed by atoms with van der Waals surface area (Å²) in [5.41, 5.74) is 2.03. The highest BCUT2D eigenvalue weighted by molar-refractivity contribution is 5.93. The molecule has 1 aliphatic rings. The number of ether oxygens (including phenoxy) is 1. The summed E-state index contributed by atoms with van der Waals surface area (Å²) >= 11 is 0. The standard InChI is InChI=1S/C19H22N2O2/c1-21-12-17(14-6-4-3-5-7-14)18(13-21)19(22)20-15-8-10-16(23-2)11-9-15/h3-11,17-18H,12-13H2,1-2H3,(H,20,22)/t17-,18-/m1/s1. The first-order chi connectivity index (χ1) is 11.2. The van der Waals surface area contributed by atoms with Crippen molar-refractivity contribution in [2.75, 3.05) is 32.6 Å². The topological polar surface area (TPSA) is 41.6 Å². The van der Waals surface area contributed by atoms with Crippen molar-refractivity contribution in [1.29, 1.82) is 0 Å². The molecule has 1 amide bonds. The molecule has 2 aromatic rings. The van der Waals surface area contributed by atoms with Crippen molar-refractivity contribution in [3.63, 3.8) is 0 Å². The smallest absolute Gasteiger partial charge is 0.229 e. The predicted octanol–water partition coefficient (Wildman–Crippen LogP) is 2.98. The molecule has 1 fully saturated rings. The van der Waals surface area contributed by atoms with Gasteiger partial charge in [0.25, 0.3) is 0 Å². The number of carbonyl (C=O) groups is 1. The van der Waals surface area contributed by atoms with Gasteiger partial charge in [-0.05, 0) is 36.9 Å². The zero-order valence-corrected chi connectivity index (χ0v) is 13.5. The maximum Gasteiger partial charge on any atom is 0.229 e. The van der Waals surface area contributed by atoms with E-state index >= 15 is 0 Å². The number of likely N-dealkylation sites (tertiary alicyclic amines) is 1. The monoisotopic (exact) mass is 310 g/mol. The van der Waals surface area contributed by atoms with Crippen molar-refractivity contribution in [3.8, 4) is 5.75 Å².